The molecule has 0 saturated carbocycles. The van der Waals surface area contributed by atoms with Crippen LogP contribution in [0.1, 0.15) is 84.7 Å². The molecule has 33 heavy (non-hydrogen) atoms. The van der Waals surface area contributed by atoms with Crippen LogP contribution in [0.2, 0.25) is 0 Å². The maximum Gasteiger partial charge on any atom is 0.306 e. The molecule has 0 aromatic heterocycles. The Bertz CT molecular complexity index is 1130. The Morgan fingerprint density at radius 2 is 1.79 bits per heavy atom. The van der Waals surface area contributed by atoms with Crippen LogP contribution in [0.3, 0.4) is 0 Å². The van der Waals surface area contributed by atoms with Gasteiger partial charge in [-0.1, -0.05) is 92.0 Å². The monoisotopic (exact) mass is 438 g/mol. The summed E-state index contributed by atoms with van der Waals surface area (Å²) >= 11 is 0. The highest BCUT2D eigenvalue weighted by Crippen LogP contribution is 2.33. The van der Waals surface area contributed by atoms with Gasteiger partial charge in [0, 0.05) is 0 Å². The van der Waals surface area contributed by atoms with Crippen molar-refractivity contribution in [2.75, 3.05) is 0 Å². The van der Waals surface area contributed by atoms with Crippen LogP contribution in [0.5, 0.6) is 0 Å². The van der Waals surface area contributed by atoms with Gasteiger partial charge in [0.15, 0.2) is 0 Å². The molecule has 0 aliphatic heterocycles. The second kappa shape index (κ2) is 9.95. The summed E-state index contributed by atoms with van der Waals surface area (Å²) in [4.78, 5) is 12.2. The molecule has 0 fully saturated rings. The fourth-order valence-electron chi connectivity index (χ4n) is 5.72. The lowest BCUT2D eigenvalue weighted by Crippen LogP contribution is -2.18. The molecule has 170 valence electrons. The van der Waals surface area contributed by atoms with E-state index in [9.17, 15) is 9.90 Å². The second-order valence-electron chi connectivity index (χ2n) is 9.96. The first-order valence-electron chi connectivity index (χ1n) is 12.7. The molecular formula is C31H34O2. The third kappa shape index (κ3) is 5.05. The lowest BCUT2D eigenvalue weighted by atomic mass is 9.85. The Morgan fingerprint density at radius 1 is 0.939 bits per heavy atom. The van der Waals surface area contributed by atoms with Gasteiger partial charge >= 0.3 is 5.97 Å². The van der Waals surface area contributed by atoms with Gasteiger partial charge in [0.25, 0.3) is 0 Å². The van der Waals surface area contributed by atoms with E-state index in [0.717, 1.165) is 44.9 Å². The average molecular weight is 439 g/mol. The number of hydrogen-bond donors (Lipinski definition) is 1. The minimum atomic E-state index is -0.646. The van der Waals surface area contributed by atoms with E-state index < -0.39 is 5.97 Å². The molecule has 1 N–H and O–H groups in total. The predicted molar refractivity (Wildman–Crippen MR) is 136 cm³/mol. The minimum Gasteiger partial charge on any atom is -0.481 e. The van der Waals surface area contributed by atoms with Gasteiger partial charge in [-0.05, 0) is 83.9 Å². The standard InChI is InChI=1S/C31H34O2/c32-31(33)28-10-5-3-1-2-4-8-22-14-15-26(18-22)25-12-6-9-23(19-25)20-27-17-16-24-11-7-13-29(24)30(27)21-28/h6-7,9,12-14,16-19,28H,1-5,8,10-11,15,20-21H2,(H,32,33). The zero-order chi connectivity index (χ0) is 22.6. The van der Waals surface area contributed by atoms with Gasteiger partial charge in [0.1, 0.15) is 0 Å². The van der Waals surface area contributed by atoms with Gasteiger partial charge in [0.2, 0.25) is 0 Å². The van der Waals surface area contributed by atoms with Gasteiger partial charge < -0.3 is 5.11 Å². The van der Waals surface area contributed by atoms with Gasteiger partial charge in [-0.2, -0.15) is 0 Å². The van der Waals surface area contributed by atoms with Gasteiger partial charge in [-0.3, -0.25) is 4.79 Å². The van der Waals surface area contributed by atoms with Crippen molar-refractivity contribution < 1.29 is 9.90 Å². The molecule has 1 atom stereocenters. The quantitative estimate of drug-likeness (QED) is 0.499. The second-order valence-corrected chi connectivity index (χ2v) is 9.96. The third-order valence-electron chi connectivity index (χ3n) is 7.62. The summed E-state index contributed by atoms with van der Waals surface area (Å²) in [6.45, 7) is 0. The zero-order valence-corrected chi connectivity index (χ0v) is 19.5. The van der Waals surface area contributed by atoms with Crippen molar-refractivity contribution in [1.29, 1.82) is 0 Å². The topological polar surface area (TPSA) is 37.3 Å². The van der Waals surface area contributed by atoms with Crippen LogP contribution in [-0.4, -0.2) is 11.1 Å². The molecule has 0 radical (unpaired) electrons. The first-order chi connectivity index (χ1) is 16.2. The molecule has 0 saturated heterocycles. The smallest absolute Gasteiger partial charge is 0.306 e. The molecular weight excluding hydrogens is 404 g/mol. The van der Waals surface area contributed by atoms with Crippen LogP contribution in [0, 0.1) is 5.92 Å². The van der Waals surface area contributed by atoms with Crippen LogP contribution >= 0.6 is 0 Å². The molecule has 0 heterocycles. The third-order valence-corrected chi connectivity index (χ3v) is 7.62. The van der Waals surface area contributed by atoms with E-state index in [1.807, 2.05) is 0 Å². The molecule has 2 aromatic rings. The SMILES string of the molecule is O=C(O)C1CCCCCCCC2=CCC(=C2)c2cccc(c2)Cc2ccc3c(c2C1)C=CC3. The Hall–Kier alpha value is -2.87. The predicted octanol–water partition coefficient (Wildman–Crippen LogP) is 7.55. The maximum absolute atomic E-state index is 12.2. The number of carboxylic acids is 1. The lowest BCUT2D eigenvalue weighted by Gasteiger charge is -2.19. The average Bonchev–Trinajstić information content (AvgIpc) is 3.48. The van der Waals surface area contributed by atoms with E-state index >= 15 is 0 Å². The number of rotatable bonds is 1. The van der Waals surface area contributed by atoms with Gasteiger partial charge in [-0.15, -0.1) is 0 Å². The van der Waals surface area contributed by atoms with Gasteiger partial charge in [0.05, 0.1) is 5.92 Å². The highest BCUT2D eigenvalue weighted by molar-refractivity contribution is 5.74. The summed E-state index contributed by atoms with van der Waals surface area (Å²) in [6, 6.07) is 13.5. The molecule has 3 aliphatic rings. The number of benzene rings is 2. The van der Waals surface area contributed by atoms with E-state index in [0.29, 0.717) is 6.42 Å². The highest BCUT2D eigenvalue weighted by atomic mass is 16.4. The van der Waals surface area contributed by atoms with E-state index in [-0.39, 0.29) is 5.92 Å². The molecule has 0 spiro atoms. The molecule has 2 nitrogen and oxygen atoms in total. The Labute approximate surface area is 197 Å². The van der Waals surface area contributed by atoms with Gasteiger partial charge in [-0.25, -0.2) is 0 Å². The molecule has 4 bridgehead atoms. The number of carbonyl (C=O) groups is 1. The zero-order valence-electron chi connectivity index (χ0n) is 19.5. The van der Waals surface area contributed by atoms with Crippen LogP contribution in [0.25, 0.3) is 11.6 Å². The highest BCUT2D eigenvalue weighted by Gasteiger charge is 2.23. The van der Waals surface area contributed by atoms with Crippen molar-refractivity contribution in [2.45, 2.75) is 70.6 Å². The van der Waals surface area contributed by atoms with Crippen LogP contribution in [0.4, 0.5) is 0 Å². The van der Waals surface area contributed by atoms with E-state index in [1.54, 1.807) is 0 Å². The molecule has 2 aromatic carbocycles. The van der Waals surface area contributed by atoms with Crippen molar-refractivity contribution in [3.05, 3.63) is 93.6 Å². The number of hydrogen-bond acceptors (Lipinski definition) is 1. The number of aliphatic carboxylic acids is 1. The first-order valence-corrected chi connectivity index (χ1v) is 12.7. The Kier molecular flexibility index (Phi) is 6.62. The van der Waals surface area contributed by atoms with Crippen molar-refractivity contribution >= 4 is 17.6 Å². The van der Waals surface area contributed by atoms with E-state index in [2.05, 4.69) is 60.7 Å². The Balaban J connectivity index is 1.51. The molecule has 3 aliphatic carbocycles. The van der Waals surface area contributed by atoms with Crippen molar-refractivity contribution in [3.8, 4) is 0 Å². The number of carboxylic acid groups (broad SMARTS) is 1. The summed E-state index contributed by atoms with van der Waals surface area (Å²) in [5.41, 5.74) is 10.7. The van der Waals surface area contributed by atoms with Crippen molar-refractivity contribution in [3.63, 3.8) is 0 Å². The Morgan fingerprint density at radius 3 is 2.70 bits per heavy atom. The fourth-order valence-corrected chi connectivity index (χ4v) is 5.72. The normalized spacial score (nSPS) is 20.8. The first kappa shape index (κ1) is 21.9. The summed E-state index contributed by atoms with van der Waals surface area (Å²) < 4.78 is 0. The summed E-state index contributed by atoms with van der Waals surface area (Å²) in [7, 11) is 0. The van der Waals surface area contributed by atoms with E-state index in [4.69, 9.17) is 0 Å². The maximum atomic E-state index is 12.2. The minimum absolute atomic E-state index is 0.305. The summed E-state index contributed by atoms with van der Waals surface area (Å²) in [5.74, 6) is -0.951. The summed E-state index contributed by atoms with van der Waals surface area (Å²) in [5, 5.41) is 10.0. The number of allylic oxidation sites excluding steroid dienone is 5. The van der Waals surface area contributed by atoms with Crippen molar-refractivity contribution in [2.24, 2.45) is 5.92 Å². The molecule has 2 heteroatoms. The van der Waals surface area contributed by atoms with Crippen LogP contribution < -0.4 is 0 Å². The van der Waals surface area contributed by atoms with E-state index in [1.165, 1.54) is 63.8 Å². The fraction of sp³-hybridized carbons (Fsp3) is 0.387. The van der Waals surface area contributed by atoms with Crippen molar-refractivity contribution in [1.82, 2.24) is 0 Å². The molecule has 1 unspecified atom stereocenters. The largest absolute Gasteiger partial charge is 0.481 e. The number of fused-ring (bicyclic) bond motifs is 7. The molecule has 0 amide bonds. The summed E-state index contributed by atoms with van der Waals surface area (Å²) in [6.07, 6.45) is 20.4. The lowest BCUT2D eigenvalue weighted by molar-refractivity contribution is -0.142. The van der Waals surface area contributed by atoms with Crippen LogP contribution in [-0.2, 0) is 24.1 Å². The van der Waals surface area contributed by atoms with Crippen LogP contribution in [0.15, 0.2) is 60.2 Å². The molecule has 5 rings (SSSR count).